The Morgan fingerprint density at radius 1 is 1.35 bits per heavy atom. The lowest BCUT2D eigenvalue weighted by molar-refractivity contribution is 0.0331. The van der Waals surface area contributed by atoms with E-state index in [1.165, 1.54) is 0 Å². The van der Waals surface area contributed by atoms with E-state index in [1.54, 1.807) is 11.3 Å². The molecule has 0 amide bonds. The van der Waals surface area contributed by atoms with Gasteiger partial charge in [0.1, 0.15) is 15.8 Å². The molecule has 0 radical (unpaired) electrons. The van der Waals surface area contributed by atoms with Crippen LogP contribution in [0.1, 0.15) is 5.82 Å². The molecule has 0 atom stereocenters. The largest absolute Gasteiger partial charge is 0.379 e. The van der Waals surface area contributed by atoms with Crippen LogP contribution in [0.2, 0.25) is 5.15 Å². The quantitative estimate of drug-likeness (QED) is 0.784. The maximum atomic E-state index is 6.13. The lowest BCUT2D eigenvalue weighted by Gasteiger charge is -2.25. The Morgan fingerprint density at radius 2 is 2.18 bits per heavy atom. The van der Waals surface area contributed by atoms with Crippen molar-refractivity contribution < 1.29 is 4.74 Å². The van der Waals surface area contributed by atoms with Crippen LogP contribution in [0.4, 0.5) is 0 Å². The summed E-state index contributed by atoms with van der Waals surface area (Å²) < 4.78 is 5.31. The molecular formula is C11H12ClN3OS. The molecule has 2 aromatic rings. The molecule has 0 saturated carbocycles. The SMILES string of the molecule is Clc1nc(CN2CCOCC2)nc2sccc12. The zero-order valence-corrected chi connectivity index (χ0v) is 10.8. The monoisotopic (exact) mass is 269 g/mol. The maximum Gasteiger partial charge on any atom is 0.145 e. The summed E-state index contributed by atoms with van der Waals surface area (Å²) in [5.74, 6) is 0.798. The number of hydrogen-bond acceptors (Lipinski definition) is 5. The van der Waals surface area contributed by atoms with Gasteiger partial charge in [-0.15, -0.1) is 11.3 Å². The zero-order chi connectivity index (χ0) is 11.7. The number of morpholine rings is 1. The molecule has 0 bridgehead atoms. The van der Waals surface area contributed by atoms with E-state index in [9.17, 15) is 0 Å². The molecule has 1 saturated heterocycles. The molecule has 6 heteroatoms. The van der Waals surface area contributed by atoms with Gasteiger partial charge in [0.2, 0.25) is 0 Å². The Bertz CT molecular complexity index is 524. The average molecular weight is 270 g/mol. The normalized spacial score (nSPS) is 17.7. The number of hydrogen-bond donors (Lipinski definition) is 0. The van der Waals surface area contributed by atoms with Gasteiger partial charge in [0, 0.05) is 18.5 Å². The number of ether oxygens (including phenoxy) is 1. The van der Waals surface area contributed by atoms with Gasteiger partial charge in [0.05, 0.1) is 19.8 Å². The number of aromatic nitrogens is 2. The number of nitrogens with zero attached hydrogens (tertiary/aromatic N) is 3. The fourth-order valence-electron chi connectivity index (χ4n) is 1.89. The van der Waals surface area contributed by atoms with Gasteiger partial charge in [-0.25, -0.2) is 9.97 Å². The first-order chi connectivity index (χ1) is 8.33. The molecule has 1 fully saturated rings. The Hall–Kier alpha value is -0.750. The smallest absolute Gasteiger partial charge is 0.145 e. The third-order valence-corrected chi connectivity index (χ3v) is 3.89. The van der Waals surface area contributed by atoms with E-state index in [4.69, 9.17) is 16.3 Å². The second-order valence-corrected chi connectivity index (χ2v) is 5.21. The number of rotatable bonds is 2. The molecule has 90 valence electrons. The second-order valence-electron chi connectivity index (χ2n) is 3.96. The van der Waals surface area contributed by atoms with Gasteiger partial charge >= 0.3 is 0 Å². The molecule has 4 nitrogen and oxygen atoms in total. The highest BCUT2D eigenvalue weighted by Gasteiger charge is 2.14. The topological polar surface area (TPSA) is 38.2 Å². The molecule has 0 aromatic carbocycles. The molecule has 3 heterocycles. The first kappa shape index (κ1) is 11.3. The predicted octanol–water partition coefficient (Wildman–Crippen LogP) is 2.18. The van der Waals surface area contributed by atoms with Gasteiger partial charge < -0.3 is 4.74 Å². The third-order valence-electron chi connectivity index (χ3n) is 2.79. The van der Waals surface area contributed by atoms with Gasteiger partial charge in [-0.05, 0) is 11.4 Å². The number of halogens is 1. The van der Waals surface area contributed by atoms with Gasteiger partial charge in [-0.3, -0.25) is 4.90 Å². The first-order valence-electron chi connectivity index (χ1n) is 5.52. The van der Waals surface area contributed by atoms with Crippen LogP contribution >= 0.6 is 22.9 Å². The highest BCUT2D eigenvalue weighted by molar-refractivity contribution is 7.16. The van der Waals surface area contributed by atoms with Crippen molar-refractivity contribution in [3.8, 4) is 0 Å². The minimum atomic E-state index is 0.555. The van der Waals surface area contributed by atoms with Gasteiger partial charge in [0.15, 0.2) is 0 Å². The Labute approximate surface area is 108 Å². The molecule has 0 unspecified atom stereocenters. The lowest BCUT2D eigenvalue weighted by atomic mass is 10.4. The van der Waals surface area contributed by atoms with Crippen LogP contribution < -0.4 is 0 Å². The first-order valence-corrected chi connectivity index (χ1v) is 6.78. The highest BCUT2D eigenvalue weighted by Crippen LogP contribution is 2.25. The number of fused-ring (bicyclic) bond motifs is 1. The van der Waals surface area contributed by atoms with Crippen molar-refractivity contribution in [2.24, 2.45) is 0 Å². The van der Waals surface area contributed by atoms with E-state index in [0.717, 1.165) is 48.9 Å². The zero-order valence-electron chi connectivity index (χ0n) is 9.23. The fraction of sp³-hybridized carbons (Fsp3) is 0.455. The summed E-state index contributed by atoms with van der Waals surface area (Å²) in [5.41, 5.74) is 0. The molecule has 0 spiro atoms. The lowest BCUT2D eigenvalue weighted by Crippen LogP contribution is -2.36. The summed E-state index contributed by atoms with van der Waals surface area (Å²) in [6.07, 6.45) is 0. The summed E-state index contributed by atoms with van der Waals surface area (Å²) in [7, 11) is 0. The van der Waals surface area contributed by atoms with E-state index < -0.39 is 0 Å². The van der Waals surface area contributed by atoms with Crippen LogP contribution in [0.15, 0.2) is 11.4 Å². The van der Waals surface area contributed by atoms with Crippen LogP contribution in [0.3, 0.4) is 0 Å². The van der Waals surface area contributed by atoms with Crippen molar-refractivity contribution in [2.75, 3.05) is 26.3 Å². The standard InChI is InChI=1S/C11H12ClN3OS/c12-10-8-1-6-17-11(8)14-9(13-10)7-15-2-4-16-5-3-15/h1,6H,2-5,7H2. The summed E-state index contributed by atoms with van der Waals surface area (Å²) >= 11 is 7.73. The predicted molar refractivity (Wildman–Crippen MR) is 68.5 cm³/mol. The Balaban J connectivity index is 1.84. The minimum absolute atomic E-state index is 0.555. The molecule has 1 aliphatic heterocycles. The van der Waals surface area contributed by atoms with Gasteiger partial charge in [-0.2, -0.15) is 0 Å². The average Bonchev–Trinajstić information content (AvgIpc) is 2.79. The molecule has 0 aliphatic carbocycles. The molecular weight excluding hydrogens is 258 g/mol. The Morgan fingerprint density at radius 3 is 3.00 bits per heavy atom. The summed E-state index contributed by atoms with van der Waals surface area (Å²) in [6.45, 7) is 4.19. The van der Waals surface area contributed by atoms with Crippen LogP contribution in [0, 0.1) is 0 Å². The van der Waals surface area contributed by atoms with Crippen molar-refractivity contribution in [3.05, 3.63) is 22.4 Å². The summed E-state index contributed by atoms with van der Waals surface area (Å²) in [5, 5.41) is 3.49. The van der Waals surface area contributed by atoms with Gasteiger partial charge in [0.25, 0.3) is 0 Å². The van der Waals surface area contributed by atoms with E-state index in [0.29, 0.717) is 5.15 Å². The van der Waals surface area contributed by atoms with E-state index >= 15 is 0 Å². The van der Waals surface area contributed by atoms with Gasteiger partial charge in [-0.1, -0.05) is 11.6 Å². The van der Waals surface area contributed by atoms with Crippen molar-refractivity contribution in [1.82, 2.24) is 14.9 Å². The molecule has 3 rings (SSSR count). The van der Waals surface area contributed by atoms with Crippen LogP contribution in [0.5, 0.6) is 0 Å². The van der Waals surface area contributed by atoms with Crippen molar-refractivity contribution >= 4 is 33.2 Å². The van der Waals surface area contributed by atoms with E-state index in [-0.39, 0.29) is 0 Å². The van der Waals surface area contributed by atoms with Crippen molar-refractivity contribution in [1.29, 1.82) is 0 Å². The van der Waals surface area contributed by atoms with Crippen LogP contribution in [-0.4, -0.2) is 41.2 Å². The molecule has 2 aromatic heterocycles. The van der Waals surface area contributed by atoms with E-state index in [1.807, 2.05) is 11.4 Å². The highest BCUT2D eigenvalue weighted by atomic mass is 35.5. The summed E-state index contributed by atoms with van der Waals surface area (Å²) in [6, 6.07) is 1.96. The van der Waals surface area contributed by atoms with Crippen molar-refractivity contribution in [2.45, 2.75) is 6.54 Å². The fourth-order valence-corrected chi connectivity index (χ4v) is 2.98. The second kappa shape index (κ2) is 4.86. The minimum Gasteiger partial charge on any atom is -0.379 e. The molecule has 1 aliphatic rings. The number of thiophene rings is 1. The molecule has 17 heavy (non-hydrogen) atoms. The van der Waals surface area contributed by atoms with Crippen LogP contribution in [0.25, 0.3) is 10.2 Å². The summed E-state index contributed by atoms with van der Waals surface area (Å²) in [4.78, 5) is 12.1. The van der Waals surface area contributed by atoms with E-state index in [2.05, 4.69) is 14.9 Å². The van der Waals surface area contributed by atoms with Crippen molar-refractivity contribution in [3.63, 3.8) is 0 Å². The Kier molecular flexibility index (Phi) is 3.24. The molecule has 0 N–H and O–H groups in total. The maximum absolute atomic E-state index is 6.13. The third kappa shape index (κ3) is 2.42. The van der Waals surface area contributed by atoms with Crippen LogP contribution in [-0.2, 0) is 11.3 Å².